The number of fused-ring (bicyclic) bond motifs is 1. The molecule has 102 valence electrons. The number of carbonyl (C=O) groups excluding carboxylic acids is 3. The number of hydrogen-bond acceptors (Lipinski definition) is 3. The van der Waals surface area contributed by atoms with Gasteiger partial charge in [-0.05, 0) is 30.5 Å². The van der Waals surface area contributed by atoms with E-state index < -0.39 is 5.91 Å². The molecule has 5 nitrogen and oxygen atoms in total. The van der Waals surface area contributed by atoms with Gasteiger partial charge in [0.1, 0.15) is 5.70 Å². The average molecular weight is 270 g/mol. The van der Waals surface area contributed by atoms with E-state index in [9.17, 15) is 14.4 Å². The van der Waals surface area contributed by atoms with Crippen molar-refractivity contribution in [1.82, 2.24) is 10.2 Å². The summed E-state index contributed by atoms with van der Waals surface area (Å²) in [4.78, 5) is 37.2. The first kappa shape index (κ1) is 12.6. The Hall–Kier alpha value is -2.43. The molecular formula is C15H14N2O3. The van der Waals surface area contributed by atoms with Gasteiger partial charge in [0.05, 0.1) is 6.54 Å². The van der Waals surface area contributed by atoms with Crippen molar-refractivity contribution in [2.75, 3.05) is 0 Å². The molecule has 0 unspecified atom stereocenters. The first-order valence-corrected chi connectivity index (χ1v) is 6.52. The molecule has 0 aromatic heterocycles. The number of nitrogens with one attached hydrogen (secondary N) is 1. The van der Waals surface area contributed by atoms with Gasteiger partial charge in [-0.2, -0.15) is 0 Å². The summed E-state index contributed by atoms with van der Waals surface area (Å²) in [5.41, 5.74) is 2.89. The number of hydrogen-bond donors (Lipinski definition) is 1. The van der Waals surface area contributed by atoms with Gasteiger partial charge in [-0.15, -0.1) is 0 Å². The summed E-state index contributed by atoms with van der Waals surface area (Å²) in [5.74, 6) is -0.979. The van der Waals surface area contributed by atoms with Crippen molar-refractivity contribution < 1.29 is 14.4 Å². The molecule has 0 saturated heterocycles. The molecule has 20 heavy (non-hydrogen) atoms. The summed E-state index contributed by atoms with van der Waals surface area (Å²) in [5, 5.41) is 2.29. The number of aryl methyl sites for hydroxylation is 1. The monoisotopic (exact) mass is 270 g/mol. The van der Waals surface area contributed by atoms with Crippen molar-refractivity contribution in [1.29, 1.82) is 0 Å². The average Bonchev–Trinajstić information content (AvgIpc) is 2.64. The second kappa shape index (κ2) is 4.59. The lowest BCUT2D eigenvalue weighted by molar-refractivity contribution is -0.128. The minimum absolute atomic E-state index is 0.181. The van der Waals surface area contributed by atoms with Gasteiger partial charge in [0.15, 0.2) is 0 Å². The van der Waals surface area contributed by atoms with E-state index in [-0.39, 0.29) is 23.9 Å². The van der Waals surface area contributed by atoms with Crippen LogP contribution in [0.1, 0.15) is 34.3 Å². The number of amides is 3. The molecule has 3 rings (SSSR count). The van der Waals surface area contributed by atoms with Gasteiger partial charge in [0, 0.05) is 12.0 Å². The molecule has 2 aliphatic rings. The van der Waals surface area contributed by atoms with E-state index in [1.807, 2.05) is 19.1 Å². The molecule has 0 saturated carbocycles. The molecule has 0 aliphatic carbocycles. The minimum atomic E-state index is -0.494. The quantitative estimate of drug-likeness (QED) is 0.781. The first-order chi connectivity index (χ1) is 9.58. The van der Waals surface area contributed by atoms with E-state index >= 15 is 0 Å². The Kier molecular flexibility index (Phi) is 2.89. The van der Waals surface area contributed by atoms with Crippen LogP contribution in [0.15, 0.2) is 30.0 Å². The largest absolute Gasteiger partial charge is 0.299 e. The fraction of sp³-hybridized carbons (Fsp3) is 0.267. The normalized spacial score (nSPS) is 18.6. The number of imide groups is 1. The Morgan fingerprint density at radius 3 is 2.75 bits per heavy atom. The third-order valence-electron chi connectivity index (χ3n) is 3.69. The van der Waals surface area contributed by atoms with Crippen LogP contribution in [0.25, 0.3) is 0 Å². The van der Waals surface area contributed by atoms with E-state index in [1.54, 1.807) is 12.1 Å². The molecule has 0 fully saturated rings. The zero-order valence-corrected chi connectivity index (χ0v) is 11.1. The van der Waals surface area contributed by atoms with Crippen LogP contribution in [-0.2, 0) is 16.1 Å². The number of carbonyl (C=O) groups is 3. The van der Waals surface area contributed by atoms with Crippen LogP contribution < -0.4 is 5.32 Å². The molecule has 1 aromatic carbocycles. The van der Waals surface area contributed by atoms with Crippen molar-refractivity contribution in [2.24, 2.45) is 0 Å². The van der Waals surface area contributed by atoms with Gasteiger partial charge >= 0.3 is 0 Å². The topological polar surface area (TPSA) is 66.5 Å². The van der Waals surface area contributed by atoms with Crippen molar-refractivity contribution in [3.63, 3.8) is 0 Å². The van der Waals surface area contributed by atoms with Crippen LogP contribution in [-0.4, -0.2) is 22.6 Å². The summed E-state index contributed by atoms with van der Waals surface area (Å²) in [6.45, 7) is 2.33. The van der Waals surface area contributed by atoms with Gasteiger partial charge < -0.3 is 0 Å². The Labute approximate surface area is 116 Å². The van der Waals surface area contributed by atoms with Crippen LogP contribution >= 0.6 is 0 Å². The first-order valence-electron chi connectivity index (χ1n) is 6.52. The molecule has 1 N–H and O–H groups in total. The maximum atomic E-state index is 12.4. The zero-order chi connectivity index (χ0) is 14.3. The Bertz CT molecular complexity index is 661. The van der Waals surface area contributed by atoms with E-state index in [4.69, 9.17) is 0 Å². The summed E-state index contributed by atoms with van der Waals surface area (Å²) in [6, 6.07) is 5.55. The third-order valence-corrected chi connectivity index (χ3v) is 3.69. The predicted molar refractivity (Wildman–Crippen MR) is 71.5 cm³/mol. The van der Waals surface area contributed by atoms with Gasteiger partial charge in [0.2, 0.25) is 5.91 Å². The zero-order valence-electron chi connectivity index (χ0n) is 11.1. The van der Waals surface area contributed by atoms with E-state index in [0.717, 1.165) is 11.1 Å². The van der Waals surface area contributed by atoms with Gasteiger partial charge in [-0.25, -0.2) is 0 Å². The van der Waals surface area contributed by atoms with Crippen molar-refractivity contribution in [3.8, 4) is 0 Å². The maximum Gasteiger partial charge on any atom is 0.274 e. The van der Waals surface area contributed by atoms with Crippen molar-refractivity contribution in [2.45, 2.75) is 26.3 Å². The maximum absolute atomic E-state index is 12.4. The summed E-state index contributed by atoms with van der Waals surface area (Å²) >= 11 is 0. The number of rotatable bonds is 1. The highest BCUT2D eigenvalue weighted by Crippen LogP contribution is 2.29. The van der Waals surface area contributed by atoms with Crippen LogP contribution in [0.4, 0.5) is 0 Å². The molecule has 0 spiro atoms. The summed E-state index contributed by atoms with van der Waals surface area (Å²) < 4.78 is 0. The summed E-state index contributed by atoms with van der Waals surface area (Å²) in [6.07, 6.45) is 2.40. The molecule has 0 bridgehead atoms. The van der Waals surface area contributed by atoms with Gasteiger partial charge in [0.25, 0.3) is 11.8 Å². The van der Waals surface area contributed by atoms with Crippen LogP contribution in [0.3, 0.4) is 0 Å². The lowest BCUT2D eigenvalue weighted by Gasteiger charge is -2.17. The molecule has 3 amide bonds. The van der Waals surface area contributed by atoms with Crippen molar-refractivity contribution in [3.05, 3.63) is 46.7 Å². The number of nitrogens with zero attached hydrogens (tertiary/aromatic N) is 1. The van der Waals surface area contributed by atoms with E-state index in [1.165, 1.54) is 4.90 Å². The number of benzene rings is 1. The van der Waals surface area contributed by atoms with Gasteiger partial charge in [-0.3, -0.25) is 24.6 Å². The van der Waals surface area contributed by atoms with Gasteiger partial charge in [-0.1, -0.05) is 18.2 Å². The molecule has 2 heterocycles. The fourth-order valence-corrected chi connectivity index (χ4v) is 2.60. The highest BCUT2D eigenvalue weighted by Gasteiger charge is 2.34. The Morgan fingerprint density at radius 1 is 1.20 bits per heavy atom. The molecule has 5 heteroatoms. The standard InChI is InChI=1S/C15H14N2O3/c1-9-4-2-5-10-11(9)8-17(15(10)20)12-6-3-7-13(18)16-14(12)19/h2,4-6H,3,7-8H2,1H3,(H,16,18,19). The lowest BCUT2D eigenvalue weighted by Crippen LogP contribution is -2.36. The molecule has 2 aliphatic heterocycles. The SMILES string of the molecule is Cc1cccc2c1CN(C1=CCCC(=O)NC1=O)C2=O. The smallest absolute Gasteiger partial charge is 0.274 e. The Balaban J connectivity index is 1.96. The summed E-state index contributed by atoms with van der Waals surface area (Å²) in [7, 11) is 0. The molecule has 0 radical (unpaired) electrons. The predicted octanol–water partition coefficient (Wildman–Crippen LogP) is 1.27. The molecule has 0 atom stereocenters. The minimum Gasteiger partial charge on any atom is -0.299 e. The van der Waals surface area contributed by atoms with Crippen molar-refractivity contribution >= 4 is 17.7 Å². The molecular weight excluding hydrogens is 256 g/mol. The number of allylic oxidation sites excluding steroid dienone is 1. The molecule has 1 aromatic rings. The van der Waals surface area contributed by atoms with Crippen LogP contribution in [0.2, 0.25) is 0 Å². The highest BCUT2D eigenvalue weighted by atomic mass is 16.2. The Morgan fingerprint density at radius 2 is 2.00 bits per heavy atom. The second-order valence-corrected chi connectivity index (χ2v) is 5.00. The fourth-order valence-electron chi connectivity index (χ4n) is 2.60. The van der Waals surface area contributed by atoms with E-state index in [2.05, 4.69) is 5.32 Å². The second-order valence-electron chi connectivity index (χ2n) is 5.00. The lowest BCUT2D eigenvalue weighted by atomic mass is 10.1. The highest BCUT2D eigenvalue weighted by molar-refractivity contribution is 6.10. The van der Waals surface area contributed by atoms with Crippen LogP contribution in [0.5, 0.6) is 0 Å². The third kappa shape index (κ3) is 1.91. The van der Waals surface area contributed by atoms with Crippen LogP contribution in [0, 0.1) is 6.92 Å². The van der Waals surface area contributed by atoms with E-state index in [0.29, 0.717) is 18.5 Å².